The van der Waals surface area contributed by atoms with Crippen LogP contribution < -0.4 is 5.73 Å². The Morgan fingerprint density at radius 3 is 2.70 bits per heavy atom. The van der Waals surface area contributed by atoms with Crippen molar-refractivity contribution in [3.8, 4) is 0 Å². The van der Waals surface area contributed by atoms with Crippen molar-refractivity contribution in [3.63, 3.8) is 0 Å². The average Bonchev–Trinajstić information content (AvgIpc) is 2.74. The van der Waals surface area contributed by atoms with E-state index >= 15 is 0 Å². The molecule has 3 N–H and O–H groups in total. The van der Waals surface area contributed by atoms with Crippen molar-refractivity contribution < 1.29 is 5.21 Å². The minimum Gasteiger partial charge on any atom is -0.409 e. The van der Waals surface area contributed by atoms with Gasteiger partial charge in [-0.3, -0.25) is 9.58 Å². The van der Waals surface area contributed by atoms with Crippen LogP contribution in [-0.4, -0.2) is 39.3 Å². The van der Waals surface area contributed by atoms with Crippen LogP contribution in [0.1, 0.15) is 32.2 Å². The quantitative estimate of drug-likeness (QED) is 0.349. The van der Waals surface area contributed by atoms with Crippen molar-refractivity contribution in [3.05, 3.63) is 16.4 Å². The Balaban J connectivity index is 2.80. The molecule has 0 aliphatic heterocycles. The number of nitrogens with two attached hydrogens (primary N) is 1. The summed E-state index contributed by atoms with van der Waals surface area (Å²) in [6, 6.07) is 0. The van der Waals surface area contributed by atoms with Gasteiger partial charge in [-0.25, -0.2) is 0 Å². The van der Waals surface area contributed by atoms with Gasteiger partial charge in [0.25, 0.3) is 0 Å². The second kappa shape index (κ2) is 7.50. The second-order valence-electron chi connectivity index (χ2n) is 5.00. The topological polar surface area (TPSA) is 79.7 Å². The van der Waals surface area contributed by atoms with Gasteiger partial charge in [0.1, 0.15) is 5.84 Å². The monoisotopic (exact) mass is 301 g/mol. The van der Waals surface area contributed by atoms with E-state index in [0.717, 1.165) is 29.4 Å². The Labute approximate surface area is 125 Å². The van der Waals surface area contributed by atoms with E-state index in [4.69, 9.17) is 22.5 Å². The highest BCUT2D eigenvalue weighted by molar-refractivity contribution is 6.31. The summed E-state index contributed by atoms with van der Waals surface area (Å²) in [7, 11) is 1.98. The fourth-order valence-electron chi connectivity index (χ4n) is 2.15. The summed E-state index contributed by atoms with van der Waals surface area (Å²) in [4.78, 5) is 2.09. The van der Waals surface area contributed by atoms with Gasteiger partial charge in [-0.15, -0.1) is 0 Å². The summed E-state index contributed by atoms with van der Waals surface area (Å²) in [6.45, 7) is 8.17. The third-order valence-electron chi connectivity index (χ3n) is 3.32. The molecule has 7 heteroatoms. The predicted octanol–water partition coefficient (Wildman–Crippen LogP) is 1.93. The fourth-order valence-corrected chi connectivity index (χ4v) is 2.48. The number of aromatic nitrogens is 2. The third kappa shape index (κ3) is 3.86. The molecule has 0 aliphatic carbocycles. The zero-order chi connectivity index (χ0) is 15.3. The molecule has 0 amide bonds. The third-order valence-corrected chi connectivity index (χ3v) is 3.76. The van der Waals surface area contributed by atoms with Gasteiger partial charge < -0.3 is 10.9 Å². The smallest absolute Gasteiger partial charge is 0.143 e. The Morgan fingerprint density at radius 2 is 2.20 bits per heavy atom. The maximum Gasteiger partial charge on any atom is 0.143 e. The number of hydrogen-bond donors (Lipinski definition) is 2. The van der Waals surface area contributed by atoms with Crippen LogP contribution >= 0.6 is 11.6 Å². The molecule has 1 aromatic heterocycles. The van der Waals surface area contributed by atoms with Crippen LogP contribution in [0, 0.1) is 5.92 Å². The van der Waals surface area contributed by atoms with E-state index in [1.165, 1.54) is 0 Å². The lowest BCUT2D eigenvalue weighted by Gasteiger charge is -2.21. The maximum atomic E-state index is 8.68. The van der Waals surface area contributed by atoms with E-state index in [1.807, 2.05) is 32.5 Å². The zero-order valence-electron chi connectivity index (χ0n) is 12.6. The van der Waals surface area contributed by atoms with Gasteiger partial charge in [-0.05, 0) is 20.4 Å². The molecule has 0 radical (unpaired) electrons. The van der Waals surface area contributed by atoms with E-state index in [2.05, 4.69) is 15.2 Å². The Kier molecular flexibility index (Phi) is 6.29. The van der Waals surface area contributed by atoms with E-state index in [0.29, 0.717) is 13.1 Å². The lowest BCUT2D eigenvalue weighted by Crippen LogP contribution is -2.33. The van der Waals surface area contributed by atoms with Gasteiger partial charge in [-0.1, -0.05) is 30.6 Å². The summed E-state index contributed by atoms with van der Waals surface area (Å²) in [5, 5.41) is 17.0. The molecule has 1 atom stereocenters. The van der Waals surface area contributed by atoms with Crippen LogP contribution in [0.2, 0.25) is 5.02 Å². The number of nitrogens with zero attached hydrogens (tertiary/aromatic N) is 4. The van der Waals surface area contributed by atoms with Crippen molar-refractivity contribution in [2.75, 3.05) is 13.6 Å². The molecule has 1 rings (SSSR count). The van der Waals surface area contributed by atoms with Gasteiger partial charge in [0.15, 0.2) is 0 Å². The highest BCUT2D eigenvalue weighted by Gasteiger charge is 2.17. The number of hydrogen-bond acceptors (Lipinski definition) is 4. The van der Waals surface area contributed by atoms with Crippen LogP contribution in [0.15, 0.2) is 5.16 Å². The number of amidine groups is 1. The SMILES string of the molecule is CCc1nn(CC)c(CN(C)CC(C)C(N)=NO)c1Cl. The molecule has 6 nitrogen and oxygen atoms in total. The van der Waals surface area contributed by atoms with E-state index < -0.39 is 0 Å². The Bertz CT molecular complexity index is 472. The molecule has 0 bridgehead atoms. The average molecular weight is 302 g/mol. The highest BCUT2D eigenvalue weighted by Crippen LogP contribution is 2.23. The molecule has 20 heavy (non-hydrogen) atoms. The molecule has 114 valence electrons. The Hall–Kier alpha value is -1.27. The van der Waals surface area contributed by atoms with Crippen molar-refractivity contribution in [1.29, 1.82) is 0 Å². The summed E-state index contributed by atoms with van der Waals surface area (Å²) in [5.74, 6) is 0.216. The van der Waals surface area contributed by atoms with E-state index in [9.17, 15) is 0 Å². The first-order valence-electron chi connectivity index (χ1n) is 6.84. The fraction of sp³-hybridized carbons (Fsp3) is 0.692. The molecular weight excluding hydrogens is 278 g/mol. The molecule has 0 spiro atoms. The molecule has 0 saturated carbocycles. The first kappa shape index (κ1) is 16.8. The minimum absolute atomic E-state index is 0.0209. The zero-order valence-corrected chi connectivity index (χ0v) is 13.4. The largest absolute Gasteiger partial charge is 0.409 e. The Morgan fingerprint density at radius 1 is 1.55 bits per heavy atom. The number of aryl methyl sites for hydroxylation is 2. The molecule has 0 fully saturated rings. The van der Waals surface area contributed by atoms with Crippen molar-refractivity contribution in [2.45, 2.75) is 40.3 Å². The van der Waals surface area contributed by atoms with Gasteiger partial charge >= 0.3 is 0 Å². The standard InChI is InChI=1S/C13H24ClN5O/c1-5-10-12(14)11(19(6-2)16-10)8-18(4)7-9(3)13(15)17-20/h9,20H,5-8H2,1-4H3,(H2,15,17). The van der Waals surface area contributed by atoms with Crippen LogP contribution in [0.3, 0.4) is 0 Å². The molecule has 1 heterocycles. The van der Waals surface area contributed by atoms with Crippen molar-refractivity contribution >= 4 is 17.4 Å². The van der Waals surface area contributed by atoms with Crippen molar-refractivity contribution in [1.82, 2.24) is 14.7 Å². The van der Waals surface area contributed by atoms with Crippen molar-refractivity contribution in [2.24, 2.45) is 16.8 Å². The van der Waals surface area contributed by atoms with Gasteiger partial charge in [0, 0.05) is 25.6 Å². The molecule has 1 aromatic rings. The van der Waals surface area contributed by atoms with Crippen LogP contribution in [0.5, 0.6) is 0 Å². The minimum atomic E-state index is -0.0209. The second-order valence-corrected chi connectivity index (χ2v) is 5.38. The summed E-state index contributed by atoms with van der Waals surface area (Å²) in [6.07, 6.45) is 0.822. The molecule has 1 unspecified atom stereocenters. The molecule has 0 aliphatic rings. The van der Waals surface area contributed by atoms with Gasteiger partial charge in [0.05, 0.1) is 16.4 Å². The summed E-state index contributed by atoms with van der Waals surface area (Å²) >= 11 is 6.38. The van der Waals surface area contributed by atoms with Crippen LogP contribution in [0.4, 0.5) is 0 Å². The molecule has 0 saturated heterocycles. The lowest BCUT2D eigenvalue weighted by atomic mass is 10.1. The van der Waals surface area contributed by atoms with Crippen LogP contribution in [-0.2, 0) is 19.5 Å². The molecular formula is C13H24ClN5O. The number of oxime groups is 1. The van der Waals surface area contributed by atoms with Gasteiger partial charge in [0.2, 0.25) is 0 Å². The van der Waals surface area contributed by atoms with E-state index in [1.54, 1.807) is 0 Å². The lowest BCUT2D eigenvalue weighted by molar-refractivity contribution is 0.284. The maximum absolute atomic E-state index is 8.68. The number of halogens is 1. The highest BCUT2D eigenvalue weighted by atomic mass is 35.5. The first-order valence-corrected chi connectivity index (χ1v) is 7.22. The summed E-state index contributed by atoms with van der Waals surface area (Å²) < 4.78 is 1.94. The predicted molar refractivity (Wildman–Crippen MR) is 81.2 cm³/mol. The molecule has 0 aromatic carbocycles. The van der Waals surface area contributed by atoms with E-state index in [-0.39, 0.29) is 11.8 Å². The number of rotatable bonds is 7. The normalized spacial score (nSPS) is 14.0. The summed E-state index contributed by atoms with van der Waals surface area (Å²) in [5.41, 5.74) is 7.55. The van der Waals surface area contributed by atoms with Gasteiger partial charge in [-0.2, -0.15) is 5.10 Å². The van der Waals surface area contributed by atoms with Crippen LogP contribution in [0.25, 0.3) is 0 Å². The first-order chi connectivity index (χ1) is 9.44.